The molecule has 1 unspecified atom stereocenters. The highest BCUT2D eigenvalue weighted by Crippen LogP contribution is 2.43. The quantitative estimate of drug-likeness (QED) is 0.340. The third-order valence-corrected chi connectivity index (χ3v) is 9.82. The van der Waals surface area contributed by atoms with Crippen molar-refractivity contribution in [2.75, 3.05) is 16.8 Å². The number of fused-ring (bicyclic) bond motifs is 6. The van der Waals surface area contributed by atoms with Crippen molar-refractivity contribution in [3.63, 3.8) is 0 Å². The molecule has 5 rings (SSSR count). The van der Waals surface area contributed by atoms with Crippen LogP contribution in [-0.4, -0.2) is 41.4 Å². The van der Waals surface area contributed by atoms with Gasteiger partial charge >= 0.3 is 0 Å². The Morgan fingerprint density at radius 1 is 1.07 bits per heavy atom. The molecule has 41 heavy (non-hydrogen) atoms. The number of halogens is 1. The Bertz CT molecular complexity index is 1570. The summed E-state index contributed by atoms with van der Waals surface area (Å²) in [6.45, 7) is 13.5. The van der Waals surface area contributed by atoms with Gasteiger partial charge in [0.25, 0.3) is 15.9 Å². The maximum Gasteiger partial charge on any atom is 0.281 e. The van der Waals surface area contributed by atoms with Gasteiger partial charge in [-0.1, -0.05) is 33.8 Å². The van der Waals surface area contributed by atoms with E-state index < -0.39 is 15.9 Å². The third-order valence-electron chi connectivity index (χ3n) is 8.12. The van der Waals surface area contributed by atoms with E-state index in [9.17, 15) is 13.2 Å². The molecular formula is C30H37BrN6O3S. The van der Waals surface area contributed by atoms with E-state index >= 15 is 0 Å². The molecule has 1 amide bonds. The smallest absolute Gasteiger partial charge is 0.281 e. The summed E-state index contributed by atoms with van der Waals surface area (Å²) in [6, 6.07) is 11.9. The molecule has 0 aliphatic carbocycles. The lowest BCUT2D eigenvalue weighted by Gasteiger charge is -2.34. The number of amides is 1. The van der Waals surface area contributed by atoms with Crippen LogP contribution >= 0.6 is 15.9 Å². The fraction of sp³-hybridized carbons (Fsp3) is 0.467. The van der Waals surface area contributed by atoms with Crippen LogP contribution in [0.2, 0.25) is 0 Å². The van der Waals surface area contributed by atoms with Crippen LogP contribution in [0.1, 0.15) is 82.2 Å². The molecule has 3 aromatic rings. The molecule has 9 nitrogen and oxygen atoms in total. The molecule has 0 saturated carbocycles. The molecular weight excluding hydrogens is 604 g/mol. The topological polar surface area (TPSA) is 117 Å². The first-order chi connectivity index (χ1) is 19.1. The molecule has 0 radical (unpaired) electrons. The Morgan fingerprint density at radius 2 is 1.83 bits per heavy atom. The van der Waals surface area contributed by atoms with E-state index in [4.69, 9.17) is 4.98 Å². The van der Waals surface area contributed by atoms with E-state index in [0.717, 1.165) is 28.7 Å². The number of carbonyl (C=O) groups excluding carboxylic acids is 1. The number of nitrogens with one attached hydrogen (secondary N) is 2. The highest BCUT2D eigenvalue weighted by molar-refractivity contribution is 9.10. The van der Waals surface area contributed by atoms with E-state index in [1.807, 2.05) is 12.1 Å². The summed E-state index contributed by atoms with van der Waals surface area (Å²) in [7, 11) is -4.27. The number of aromatic nitrogens is 3. The lowest BCUT2D eigenvalue weighted by molar-refractivity contribution is 0.0981. The van der Waals surface area contributed by atoms with Crippen LogP contribution in [0.5, 0.6) is 0 Å². The Labute approximate surface area is 250 Å². The fourth-order valence-electron chi connectivity index (χ4n) is 5.77. The van der Waals surface area contributed by atoms with Gasteiger partial charge in [-0.05, 0) is 90.9 Å². The Morgan fingerprint density at radius 3 is 2.51 bits per heavy atom. The predicted octanol–water partition coefficient (Wildman–Crippen LogP) is 5.85. The lowest BCUT2D eigenvalue weighted by Crippen LogP contribution is -2.41. The monoisotopic (exact) mass is 640 g/mol. The number of pyridine rings is 3. The highest BCUT2D eigenvalue weighted by atomic mass is 79.9. The van der Waals surface area contributed by atoms with Crippen molar-refractivity contribution in [1.29, 1.82) is 0 Å². The summed E-state index contributed by atoms with van der Waals surface area (Å²) in [4.78, 5) is 29.8. The zero-order valence-corrected chi connectivity index (χ0v) is 26.7. The molecule has 0 aromatic carbocycles. The second-order valence-electron chi connectivity index (χ2n) is 12.8. The zero-order chi connectivity index (χ0) is 29.7. The Hall–Kier alpha value is -3.05. The average molecular weight is 642 g/mol. The number of hydrogen-bond donors (Lipinski definition) is 2. The first kappa shape index (κ1) is 29.4. The van der Waals surface area contributed by atoms with Crippen LogP contribution in [0.15, 0.2) is 58.2 Å². The zero-order valence-electron chi connectivity index (χ0n) is 24.3. The SMILES string of the molecule is C[C@H]1CC(c2ccc(Br)cn2)Nc2cccc(n2)S(=O)(=O)NC(=O)c2ccc(C(C)(C)C)nc2N2C[C@@H]1CC2(C)C. The lowest BCUT2D eigenvalue weighted by atomic mass is 9.83. The van der Waals surface area contributed by atoms with Gasteiger partial charge in [-0.15, -0.1) is 0 Å². The summed E-state index contributed by atoms with van der Waals surface area (Å²) in [5.74, 6) is 0.733. The molecule has 1 saturated heterocycles. The largest absolute Gasteiger partial charge is 0.362 e. The normalized spacial score (nSPS) is 23.9. The molecule has 0 spiro atoms. The van der Waals surface area contributed by atoms with Crippen molar-refractivity contribution in [2.24, 2.45) is 11.8 Å². The van der Waals surface area contributed by atoms with Crippen molar-refractivity contribution in [3.8, 4) is 0 Å². The molecule has 2 N–H and O–H groups in total. The standard InChI is InChI=1S/C30H37BrN6O3S/c1-18-14-23(22-12-10-20(31)16-32-22)33-25-8-7-9-26(35-25)41(39,40)36-28(38)21-11-13-24(29(2,3)4)34-27(21)37-17-19(18)15-30(37,5)6/h7-13,16,18-19,23H,14-15,17H2,1-6H3,(H,33,35)(H,36,38)/t18-,19-,23?/m0/s1. The maximum atomic E-state index is 13.6. The van der Waals surface area contributed by atoms with Gasteiger partial charge in [0.2, 0.25) is 0 Å². The minimum absolute atomic E-state index is 0.210. The van der Waals surface area contributed by atoms with Crippen LogP contribution in [0, 0.1) is 11.8 Å². The third kappa shape index (κ3) is 6.11. The van der Waals surface area contributed by atoms with Gasteiger partial charge in [-0.3, -0.25) is 9.78 Å². The average Bonchev–Trinajstić information content (AvgIpc) is 3.22. The van der Waals surface area contributed by atoms with Crippen molar-refractivity contribution in [3.05, 3.63) is 70.1 Å². The number of anilines is 2. The fourth-order valence-corrected chi connectivity index (χ4v) is 6.93. The number of rotatable bonds is 1. The first-order valence-electron chi connectivity index (χ1n) is 13.9. The molecule has 3 atom stereocenters. The van der Waals surface area contributed by atoms with Gasteiger partial charge < -0.3 is 10.2 Å². The number of sulfonamides is 1. The minimum Gasteiger partial charge on any atom is -0.362 e. The molecule has 2 aliphatic rings. The van der Waals surface area contributed by atoms with Gasteiger partial charge in [0.05, 0.1) is 17.3 Å². The molecule has 11 heteroatoms. The van der Waals surface area contributed by atoms with E-state index in [2.05, 4.69) is 82.4 Å². The van der Waals surface area contributed by atoms with Crippen LogP contribution < -0.4 is 14.9 Å². The van der Waals surface area contributed by atoms with E-state index in [1.54, 1.807) is 30.5 Å². The van der Waals surface area contributed by atoms with Crippen molar-refractivity contribution in [1.82, 2.24) is 19.7 Å². The molecule has 218 valence electrons. The maximum absolute atomic E-state index is 13.6. The van der Waals surface area contributed by atoms with Crippen LogP contribution in [-0.2, 0) is 15.4 Å². The van der Waals surface area contributed by atoms with Crippen LogP contribution in [0.25, 0.3) is 0 Å². The van der Waals surface area contributed by atoms with E-state index in [0.29, 0.717) is 24.1 Å². The predicted molar refractivity (Wildman–Crippen MR) is 163 cm³/mol. The summed E-state index contributed by atoms with van der Waals surface area (Å²) in [5.41, 5.74) is 1.33. The van der Waals surface area contributed by atoms with Gasteiger partial charge in [0.1, 0.15) is 11.6 Å². The van der Waals surface area contributed by atoms with Crippen molar-refractivity contribution >= 4 is 43.5 Å². The summed E-state index contributed by atoms with van der Waals surface area (Å²) < 4.78 is 29.9. The van der Waals surface area contributed by atoms with Gasteiger partial charge in [0.15, 0.2) is 5.03 Å². The number of hydrogen-bond acceptors (Lipinski definition) is 8. The minimum atomic E-state index is -4.27. The Balaban J connectivity index is 1.66. The van der Waals surface area contributed by atoms with Crippen LogP contribution in [0.4, 0.5) is 11.6 Å². The van der Waals surface area contributed by atoms with Crippen LogP contribution in [0.3, 0.4) is 0 Å². The van der Waals surface area contributed by atoms with E-state index in [-0.39, 0.29) is 33.5 Å². The van der Waals surface area contributed by atoms with Crippen molar-refractivity contribution < 1.29 is 13.2 Å². The van der Waals surface area contributed by atoms with Gasteiger partial charge in [-0.25, -0.2) is 14.7 Å². The molecule has 3 aromatic heterocycles. The second-order valence-corrected chi connectivity index (χ2v) is 15.4. The van der Waals surface area contributed by atoms with Gasteiger partial charge in [0, 0.05) is 33.9 Å². The second kappa shape index (κ2) is 10.7. The number of carbonyl (C=O) groups is 1. The summed E-state index contributed by atoms with van der Waals surface area (Å²) >= 11 is 3.47. The highest BCUT2D eigenvalue weighted by Gasteiger charge is 2.43. The molecule has 2 aliphatic heterocycles. The Kier molecular flexibility index (Phi) is 7.65. The van der Waals surface area contributed by atoms with E-state index in [1.165, 1.54) is 6.07 Å². The van der Waals surface area contributed by atoms with Gasteiger partial charge in [-0.2, -0.15) is 8.42 Å². The summed E-state index contributed by atoms with van der Waals surface area (Å²) in [6.07, 6.45) is 3.40. The summed E-state index contributed by atoms with van der Waals surface area (Å²) in [5, 5.41) is 3.19. The molecule has 5 heterocycles. The first-order valence-corrected chi connectivity index (χ1v) is 16.1. The molecule has 4 bridgehead atoms. The molecule has 1 fully saturated rings. The van der Waals surface area contributed by atoms with Crippen molar-refractivity contribution in [2.45, 2.75) is 76.4 Å². The number of nitrogens with zero attached hydrogens (tertiary/aromatic N) is 4.